The van der Waals surface area contributed by atoms with E-state index in [2.05, 4.69) is 15.5 Å². The number of carbonyl (C=O) groups excluding carboxylic acids is 1. The van der Waals surface area contributed by atoms with E-state index in [-0.39, 0.29) is 23.2 Å². The minimum atomic E-state index is -3.33. The Morgan fingerprint density at radius 1 is 1.07 bits per heavy atom. The molecule has 0 aliphatic heterocycles. The minimum Gasteiger partial charge on any atom is -0.408 e. The number of nitrogens with one attached hydrogen (secondary N) is 1. The van der Waals surface area contributed by atoms with Crippen molar-refractivity contribution in [1.29, 1.82) is 0 Å². The van der Waals surface area contributed by atoms with E-state index in [1.54, 1.807) is 37.7 Å². The molecule has 0 bridgehead atoms. The molecule has 1 heterocycles. The lowest BCUT2D eigenvalue weighted by atomic mass is 10.1. The van der Waals surface area contributed by atoms with E-state index in [0.29, 0.717) is 17.9 Å². The molecule has 0 radical (unpaired) electrons. The summed E-state index contributed by atoms with van der Waals surface area (Å²) in [6.45, 7) is 3.27. The predicted molar refractivity (Wildman–Crippen MR) is 116 cm³/mol. The lowest BCUT2D eigenvalue weighted by Gasteiger charge is -2.08. The molecule has 1 aromatic heterocycles. The third-order valence-corrected chi connectivity index (χ3v) is 7.46. The van der Waals surface area contributed by atoms with Crippen LogP contribution >= 0.6 is 11.8 Å². The van der Waals surface area contributed by atoms with E-state index in [9.17, 15) is 13.2 Å². The summed E-state index contributed by atoms with van der Waals surface area (Å²) in [7, 11) is -3.33. The maximum absolute atomic E-state index is 12.2. The molecule has 0 aliphatic rings. The second-order valence-corrected chi connectivity index (χ2v) is 10.5. The van der Waals surface area contributed by atoms with Gasteiger partial charge in [-0.15, -0.1) is 16.9 Å². The highest BCUT2D eigenvalue weighted by atomic mass is 32.2. The average molecular weight is 446 g/mol. The molecule has 1 amide bonds. The van der Waals surface area contributed by atoms with Gasteiger partial charge in [0.25, 0.3) is 0 Å². The fourth-order valence-electron chi connectivity index (χ4n) is 2.60. The van der Waals surface area contributed by atoms with Crippen molar-refractivity contribution in [2.45, 2.75) is 41.7 Å². The highest BCUT2D eigenvalue weighted by molar-refractivity contribution is 7.99. The summed E-state index contributed by atoms with van der Waals surface area (Å²) in [5, 5.41) is 9.89. The van der Waals surface area contributed by atoms with Crippen LogP contribution in [0.1, 0.15) is 25.3 Å². The largest absolute Gasteiger partial charge is 0.408 e. The summed E-state index contributed by atoms with van der Waals surface area (Å²) in [6, 6.07) is 16.4. The minimum absolute atomic E-state index is 0.0544. The second kappa shape index (κ2) is 9.90. The summed E-state index contributed by atoms with van der Waals surface area (Å²) in [4.78, 5) is 13.6. The van der Waals surface area contributed by atoms with E-state index < -0.39 is 15.1 Å². The Balaban J connectivity index is 1.49. The first-order valence-corrected chi connectivity index (χ1v) is 12.0. The maximum atomic E-state index is 12.2. The number of carbonyl (C=O) groups is 1. The smallest absolute Gasteiger partial charge is 0.322 e. The molecule has 0 saturated heterocycles. The molecule has 9 heteroatoms. The normalized spacial score (nSPS) is 11.6. The van der Waals surface area contributed by atoms with Gasteiger partial charge in [0, 0.05) is 17.1 Å². The Kier molecular flexibility index (Phi) is 7.28. The standard InChI is InChI=1S/C21H23N3O4S2/c1-15(2)30(26,27)18-10-8-16(9-11-18)14-19(25)22-21-24-23-20(28-21)12-13-29-17-6-4-3-5-7-17/h3-11,15H,12-14H2,1-2H3,(H,22,24,25). The Hall–Kier alpha value is -2.65. The van der Waals surface area contributed by atoms with Crippen molar-refractivity contribution in [3.63, 3.8) is 0 Å². The van der Waals surface area contributed by atoms with Crippen LogP contribution in [0.3, 0.4) is 0 Å². The predicted octanol–water partition coefficient (Wildman–Crippen LogP) is 3.77. The third kappa shape index (κ3) is 5.93. The molecule has 0 unspecified atom stereocenters. The molecule has 158 valence electrons. The van der Waals surface area contributed by atoms with Crippen molar-refractivity contribution >= 4 is 33.5 Å². The molecule has 0 fully saturated rings. The molecule has 1 N–H and O–H groups in total. The van der Waals surface area contributed by atoms with Crippen molar-refractivity contribution in [3.05, 3.63) is 66.1 Å². The Labute approximate surface area is 180 Å². The van der Waals surface area contributed by atoms with Gasteiger partial charge < -0.3 is 4.42 Å². The fraction of sp³-hybridized carbons (Fsp3) is 0.286. The summed E-state index contributed by atoms with van der Waals surface area (Å²) in [6.07, 6.45) is 0.664. The van der Waals surface area contributed by atoms with Crippen molar-refractivity contribution in [2.24, 2.45) is 0 Å². The number of hydrogen-bond acceptors (Lipinski definition) is 7. The highest BCUT2D eigenvalue weighted by Crippen LogP contribution is 2.19. The van der Waals surface area contributed by atoms with Crippen LogP contribution in [0, 0.1) is 0 Å². The van der Waals surface area contributed by atoms with E-state index in [1.165, 1.54) is 12.1 Å². The first-order valence-electron chi connectivity index (χ1n) is 9.47. The summed E-state index contributed by atoms with van der Waals surface area (Å²) >= 11 is 1.69. The lowest BCUT2D eigenvalue weighted by molar-refractivity contribution is -0.115. The molecular formula is C21H23N3O4S2. The van der Waals surface area contributed by atoms with Crippen LogP contribution in [-0.2, 0) is 27.5 Å². The molecule has 30 heavy (non-hydrogen) atoms. The molecule has 2 aromatic carbocycles. The number of aromatic nitrogens is 2. The van der Waals surface area contributed by atoms with E-state index in [4.69, 9.17) is 4.42 Å². The summed E-state index contributed by atoms with van der Waals surface area (Å²) in [5.74, 6) is 0.922. The zero-order chi connectivity index (χ0) is 21.6. The molecule has 0 aliphatic carbocycles. The first kappa shape index (κ1) is 22.0. The van der Waals surface area contributed by atoms with Gasteiger partial charge in [-0.25, -0.2) is 8.42 Å². The number of benzene rings is 2. The summed E-state index contributed by atoms with van der Waals surface area (Å²) < 4.78 is 29.8. The lowest BCUT2D eigenvalue weighted by Crippen LogP contribution is -2.16. The number of anilines is 1. The quantitative estimate of drug-likeness (QED) is 0.500. The SMILES string of the molecule is CC(C)S(=O)(=O)c1ccc(CC(=O)Nc2nnc(CCSc3ccccc3)o2)cc1. The zero-order valence-corrected chi connectivity index (χ0v) is 18.4. The van der Waals surface area contributed by atoms with Gasteiger partial charge in [0.2, 0.25) is 11.8 Å². The maximum Gasteiger partial charge on any atom is 0.322 e. The van der Waals surface area contributed by atoms with Gasteiger partial charge in [0.15, 0.2) is 9.84 Å². The van der Waals surface area contributed by atoms with Crippen molar-refractivity contribution in [1.82, 2.24) is 10.2 Å². The number of rotatable bonds is 9. The highest BCUT2D eigenvalue weighted by Gasteiger charge is 2.19. The molecule has 3 rings (SSSR count). The Morgan fingerprint density at radius 3 is 2.43 bits per heavy atom. The van der Waals surface area contributed by atoms with Crippen molar-refractivity contribution in [3.8, 4) is 0 Å². The molecule has 0 saturated carbocycles. The van der Waals surface area contributed by atoms with E-state index >= 15 is 0 Å². The molecule has 0 atom stereocenters. The van der Waals surface area contributed by atoms with Crippen molar-refractivity contribution < 1.29 is 17.6 Å². The van der Waals surface area contributed by atoms with Crippen LogP contribution in [-0.4, -0.2) is 35.5 Å². The molecular weight excluding hydrogens is 422 g/mol. The monoisotopic (exact) mass is 445 g/mol. The van der Waals surface area contributed by atoms with Gasteiger partial charge in [-0.2, -0.15) is 0 Å². The van der Waals surface area contributed by atoms with Gasteiger partial charge >= 0.3 is 6.01 Å². The number of sulfone groups is 1. The Bertz CT molecular complexity index is 1080. The van der Waals surface area contributed by atoms with E-state index in [0.717, 1.165) is 10.6 Å². The number of aryl methyl sites for hydroxylation is 1. The van der Waals surface area contributed by atoms with Gasteiger partial charge in [-0.05, 0) is 43.7 Å². The summed E-state index contributed by atoms with van der Waals surface area (Å²) in [5.41, 5.74) is 0.689. The van der Waals surface area contributed by atoms with Gasteiger partial charge in [-0.1, -0.05) is 35.4 Å². The zero-order valence-electron chi connectivity index (χ0n) is 16.7. The van der Waals surface area contributed by atoms with Crippen molar-refractivity contribution in [2.75, 3.05) is 11.1 Å². The van der Waals surface area contributed by atoms with Gasteiger partial charge in [-0.3, -0.25) is 10.1 Å². The van der Waals surface area contributed by atoms with Crippen LogP contribution in [0.2, 0.25) is 0 Å². The van der Waals surface area contributed by atoms with Crippen LogP contribution < -0.4 is 5.32 Å². The molecule has 7 nitrogen and oxygen atoms in total. The first-order chi connectivity index (χ1) is 14.3. The van der Waals surface area contributed by atoms with Gasteiger partial charge in [0.1, 0.15) is 0 Å². The topological polar surface area (TPSA) is 102 Å². The molecule has 3 aromatic rings. The number of thioether (sulfide) groups is 1. The Morgan fingerprint density at radius 2 is 1.77 bits per heavy atom. The van der Waals surface area contributed by atoms with Crippen LogP contribution in [0.5, 0.6) is 0 Å². The fourth-order valence-corrected chi connectivity index (χ4v) is 4.52. The average Bonchev–Trinajstić information content (AvgIpc) is 3.16. The number of hydrogen-bond donors (Lipinski definition) is 1. The van der Waals surface area contributed by atoms with E-state index in [1.807, 2.05) is 30.3 Å². The van der Waals surface area contributed by atoms with Crippen LogP contribution in [0.25, 0.3) is 0 Å². The molecule has 0 spiro atoms. The van der Waals surface area contributed by atoms with Crippen LogP contribution in [0.15, 0.2) is 68.8 Å². The van der Waals surface area contributed by atoms with Gasteiger partial charge in [0.05, 0.1) is 16.6 Å². The third-order valence-electron chi connectivity index (χ3n) is 4.28. The number of nitrogens with zero attached hydrogens (tertiary/aromatic N) is 2. The van der Waals surface area contributed by atoms with Crippen LogP contribution in [0.4, 0.5) is 6.01 Å². The number of amides is 1. The second-order valence-electron chi connectivity index (χ2n) is 6.88.